The summed E-state index contributed by atoms with van der Waals surface area (Å²) in [6.45, 7) is 5.57. The number of likely N-dealkylation sites (tertiary alicyclic amines) is 1. The van der Waals surface area contributed by atoms with E-state index in [1.165, 1.54) is 29.8 Å². The average Bonchev–Trinajstić information content (AvgIpc) is 2.84. The third-order valence-corrected chi connectivity index (χ3v) is 4.51. The molecule has 2 heterocycles. The summed E-state index contributed by atoms with van der Waals surface area (Å²) in [5.41, 5.74) is 4.54. The molecule has 2 aliphatic heterocycles. The highest BCUT2D eigenvalue weighted by Crippen LogP contribution is 2.50. The second-order valence-electron chi connectivity index (χ2n) is 5.96. The van der Waals surface area contributed by atoms with Crippen molar-refractivity contribution in [1.82, 2.24) is 4.90 Å². The molecular weight excluding hydrogens is 220 g/mol. The smallest absolute Gasteiger partial charge is 0.0894 e. The number of fused-ring (bicyclic) bond motifs is 3. The molecule has 1 fully saturated rings. The van der Waals surface area contributed by atoms with Crippen LogP contribution in [0, 0.1) is 0 Å². The summed E-state index contributed by atoms with van der Waals surface area (Å²) in [5.74, 6) is 0. The lowest BCUT2D eigenvalue weighted by atomic mass is 9.76. The van der Waals surface area contributed by atoms with Crippen molar-refractivity contribution in [3.8, 4) is 0 Å². The van der Waals surface area contributed by atoms with Gasteiger partial charge in [0.25, 0.3) is 0 Å². The van der Waals surface area contributed by atoms with Gasteiger partial charge in [0.2, 0.25) is 0 Å². The van der Waals surface area contributed by atoms with E-state index in [0.717, 1.165) is 6.42 Å². The molecule has 1 saturated heterocycles. The second-order valence-corrected chi connectivity index (χ2v) is 5.96. The second kappa shape index (κ2) is 4.13. The maximum absolute atomic E-state index is 3.71. The van der Waals surface area contributed by atoms with Gasteiger partial charge in [-0.2, -0.15) is 0 Å². The SMILES string of the molecule is CC(C)=CC[C@]12CCN(C)[C@H]1Nc1ccccc12. The Morgan fingerprint density at radius 3 is 3.00 bits per heavy atom. The zero-order valence-electron chi connectivity index (χ0n) is 11.5. The number of rotatable bonds is 2. The molecule has 2 atom stereocenters. The number of benzene rings is 1. The number of nitrogens with zero attached hydrogens (tertiary/aromatic N) is 1. The number of para-hydroxylation sites is 1. The van der Waals surface area contributed by atoms with E-state index in [-0.39, 0.29) is 5.41 Å². The molecule has 2 heteroatoms. The lowest BCUT2D eigenvalue weighted by Gasteiger charge is -2.30. The van der Waals surface area contributed by atoms with Gasteiger partial charge in [0.1, 0.15) is 0 Å². The first kappa shape index (κ1) is 11.8. The van der Waals surface area contributed by atoms with Crippen LogP contribution >= 0.6 is 0 Å². The molecule has 0 saturated carbocycles. The maximum Gasteiger partial charge on any atom is 0.0894 e. The first-order valence-corrected chi connectivity index (χ1v) is 6.83. The molecule has 1 aromatic rings. The fraction of sp³-hybridized carbons (Fsp3) is 0.500. The van der Waals surface area contributed by atoms with E-state index < -0.39 is 0 Å². The predicted octanol–water partition coefficient (Wildman–Crippen LogP) is 3.37. The highest BCUT2D eigenvalue weighted by molar-refractivity contribution is 5.63. The standard InChI is InChI=1S/C16H22N2/c1-12(2)8-9-16-10-11-18(3)15(16)17-14-7-5-4-6-13(14)16/h4-8,15,17H,9-11H2,1-3H3/t15-,16-/m1/s1. The van der Waals surface area contributed by atoms with Crippen molar-refractivity contribution < 1.29 is 0 Å². The minimum absolute atomic E-state index is 0.280. The minimum atomic E-state index is 0.280. The molecule has 3 rings (SSSR count). The molecule has 0 amide bonds. The van der Waals surface area contributed by atoms with Crippen LogP contribution in [0.1, 0.15) is 32.3 Å². The van der Waals surface area contributed by atoms with Crippen LogP contribution in [-0.2, 0) is 5.41 Å². The zero-order chi connectivity index (χ0) is 12.8. The van der Waals surface area contributed by atoms with E-state index in [0.29, 0.717) is 6.17 Å². The van der Waals surface area contributed by atoms with Crippen molar-refractivity contribution in [1.29, 1.82) is 0 Å². The van der Waals surface area contributed by atoms with Crippen molar-refractivity contribution in [2.45, 2.75) is 38.3 Å². The third kappa shape index (κ3) is 1.59. The third-order valence-electron chi connectivity index (χ3n) is 4.51. The van der Waals surface area contributed by atoms with Crippen molar-refractivity contribution in [3.05, 3.63) is 41.5 Å². The van der Waals surface area contributed by atoms with Crippen LogP contribution in [0.4, 0.5) is 5.69 Å². The number of hydrogen-bond acceptors (Lipinski definition) is 2. The Labute approximate surface area is 110 Å². The highest BCUT2D eigenvalue weighted by Gasteiger charge is 2.51. The number of anilines is 1. The summed E-state index contributed by atoms with van der Waals surface area (Å²) < 4.78 is 0. The van der Waals surface area contributed by atoms with Gasteiger partial charge < -0.3 is 5.32 Å². The van der Waals surface area contributed by atoms with Gasteiger partial charge in [-0.25, -0.2) is 0 Å². The van der Waals surface area contributed by atoms with Gasteiger partial charge in [-0.1, -0.05) is 29.8 Å². The molecule has 0 aromatic heterocycles. The van der Waals surface area contributed by atoms with Crippen LogP contribution in [0.25, 0.3) is 0 Å². The van der Waals surface area contributed by atoms with Gasteiger partial charge in [-0.05, 0) is 45.4 Å². The van der Waals surface area contributed by atoms with Gasteiger partial charge >= 0.3 is 0 Å². The van der Waals surface area contributed by atoms with Crippen molar-refractivity contribution in [2.24, 2.45) is 0 Å². The quantitative estimate of drug-likeness (QED) is 0.800. The summed E-state index contributed by atoms with van der Waals surface area (Å²) in [4.78, 5) is 2.46. The molecule has 0 bridgehead atoms. The Balaban J connectivity index is 2.05. The highest BCUT2D eigenvalue weighted by atomic mass is 15.3. The molecule has 2 aliphatic rings. The number of hydrogen-bond donors (Lipinski definition) is 1. The Hall–Kier alpha value is -1.28. The molecule has 0 aliphatic carbocycles. The monoisotopic (exact) mass is 242 g/mol. The number of nitrogens with one attached hydrogen (secondary N) is 1. The summed E-state index contributed by atoms with van der Waals surface area (Å²) in [5, 5.41) is 3.71. The number of allylic oxidation sites excluding steroid dienone is 2. The van der Waals surface area contributed by atoms with Crippen LogP contribution in [-0.4, -0.2) is 24.7 Å². The topological polar surface area (TPSA) is 15.3 Å². The van der Waals surface area contributed by atoms with Gasteiger partial charge in [0.15, 0.2) is 0 Å². The fourth-order valence-electron chi connectivity index (χ4n) is 3.49. The summed E-state index contributed by atoms with van der Waals surface area (Å²) in [6.07, 6.45) is 5.26. The molecule has 0 spiro atoms. The van der Waals surface area contributed by atoms with Crippen molar-refractivity contribution in [3.63, 3.8) is 0 Å². The van der Waals surface area contributed by atoms with E-state index in [4.69, 9.17) is 0 Å². The molecule has 96 valence electrons. The van der Waals surface area contributed by atoms with Crippen molar-refractivity contribution in [2.75, 3.05) is 18.9 Å². The van der Waals surface area contributed by atoms with Crippen molar-refractivity contribution >= 4 is 5.69 Å². The van der Waals surface area contributed by atoms with E-state index in [1.807, 2.05) is 0 Å². The zero-order valence-corrected chi connectivity index (χ0v) is 11.5. The van der Waals surface area contributed by atoms with Gasteiger partial charge in [0, 0.05) is 17.6 Å². The van der Waals surface area contributed by atoms with Crippen LogP contribution < -0.4 is 5.32 Å². The largest absolute Gasteiger partial charge is 0.369 e. The van der Waals surface area contributed by atoms with Crippen LogP contribution in [0.5, 0.6) is 0 Å². The normalized spacial score (nSPS) is 29.6. The molecule has 2 nitrogen and oxygen atoms in total. The van der Waals surface area contributed by atoms with E-state index in [2.05, 4.69) is 61.5 Å². The van der Waals surface area contributed by atoms with Crippen LogP contribution in [0.15, 0.2) is 35.9 Å². The Morgan fingerprint density at radius 2 is 2.22 bits per heavy atom. The molecular formula is C16H22N2. The lowest BCUT2D eigenvalue weighted by Crippen LogP contribution is -2.41. The van der Waals surface area contributed by atoms with E-state index in [1.54, 1.807) is 0 Å². The summed E-state index contributed by atoms with van der Waals surface area (Å²) in [6, 6.07) is 8.82. The van der Waals surface area contributed by atoms with E-state index in [9.17, 15) is 0 Å². The molecule has 1 N–H and O–H groups in total. The fourth-order valence-corrected chi connectivity index (χ4v) is 3.49. The molecule has 0 unspecified atom stereocenters. The Bertz CT molecular complexity index is 488. The lowest BCUT2D eigenvalue weighted by molar-refractivity contribution is 0.285. The van der Waals surface area contributed by atoms with Crippen LogP contribution in [0.2, 0.25) is 0 Å². The van der Waals surface area contributed by atoms with Gasteiger partial charge in [-0.15, -0.1) is 0 Å². The van der Waals surface area contributed by atoms with Gasteiger partial charge in [0.05, 0.1) is 6.17 Å². The Morgan fingerprint density at radius 1 is 1.44 bits per heavy atom. The molecule has 0 radical (unpaired) electrons. The predicted molar refractivity (Wildman–Crippen MR) is 76.8 cm³/mol. The maximum atomic E-state index is 3.71. The van der Waals surface area contributed by atoms with Gasteiger partial charge in [-0.3, -0.25) is 4.90 Å². The first-order valence-electron chi connectivity index (χ1n) is 6.83. The van der Waals surface area contributed by atoms with Crippen LogP contribution in [0.3, 0.4) is 0 Å². The minimum Gasteiger partial charge on any atom is -0.369 e. The first-order chi connectivity index (χ1) is 8.63. The molecule has 18 heavy (non-hydrogen) atoms. The number of likely N-dealkylation sites (N-methyl/N-ethyl adjacent to an activating group) is 1. The Kier molecular flexibility index (Phi) is 2.70. The van der Waals surface area contributed by atoms with E-state index >= 15 is 0 Å². The molecule has 1 aromatic carbocycles. The summed E-state index contributed by atoms with van der Waals surface area (Å²) >= 11 is 0. The average molecular weight is 242 g/mol. The summed E-state index contributed by atoms with van der Waals surface area (Å²) in [7, 11) is 2.23.